The van der Waals surface area contributed by atoms with Gasteiger partial charge in [0.1, 0.15) is 11.9 Å². The first-order valence-electron chi connectivity index (χ1n) is 4.65. The van der Waals surface area contributed by atoms with Crippen LogP contribution < -0.4 is 5.32 Å². The second-order valence-corrected chi connectivity index (χ2v) is 3.31. The zero-order valence-electron chi connectivity index (χ0n) is 8.61. The lowest BCUT2D eigenvalue weighted by atomic mass is 10.2. The second-order valence-electron chi connectivity index (χ2n) is 3.31. The van der Waals surface area contributed by atoms with Gasteiger partial charge in [-0.25, -0.2) is 4.39 Å². The van der Waals surface area contributed by atoms with Crippen LogP contribution in [0.25, 0.3) is 0 Å². The minimum Gasteiger partial charge on any atom is -0.339 e. The van der Waals surface area contributed by atoms with E-state index < -0.39 is 5.82 Å². The van der Waals surface area contributed by atoms with E-state index in [0.717, 1.165) is 0 Å². The van der Waals surface area contributed by atoms with Crippen molar-refractivity contribution in [1.82, 2.24) is 9.78 Å². The minimum atomic E-state index is -0.538. The summed E-state index contributed by atoms with van der Waals surface area (Å²) in [5, 5.41) is 15.6. The van der Waals surface area contributed by atoms with Crippen LogP contribution in [0, 0.1) is 17.1 Å². The molecular weight excluding hydrogens is 207 g/mol. The van der Waals surface area contributed by atoms with Crippen molar-refractivity contribution >= 4 is 11.5 Å². The molecule has 1 heterocycles. The molecule has 1 aromatic heterocycles. The van der Waals surface area contributed by atoms with E-state index in [2.05, 4.69) is 10.4 Å². The van der Waals surface area contributed by atoms with Gasteiger partial charge in [0.15, 0.2) is 5.82 Å². The molecule has 0 bridgehead atoms. The Bertz CT molecular complexity index is 553. The largest absolute Gasteiger partial charge is 0.339 e. The predicted molar refractivity (Wildman–Crippen MR) is 57.6 cm³/mol. The zero-order chi connectivity index (χ0) is 11.5. The van der Waals surface area contributed by atoms with Gasteiger partial charge in [-0.1, -0.05) is 0 Å². The van der Waals surface area contributed by atoms with Crippen molar-refractivity contribution < 1.29 is 4.39 Å². The van der Waals surface area contributed by atoms with Crippen LogP contribution in [0.4, 0.5) is 15.9 Å². The van der Waals surface area contributed by atoms with E-state index in [1.54, 1.807) is 36.1 Å². The molecule has 80 valence electrons. The van der Waals surface area contributed by atoms with Crippen molar-refractivity contribution in [3.8, 4) is 6.07 Å². The number of aromatic nitrogens is 2. The molecule has 0 amide bonds. The van der Waals surface area contributed by atoms with Gasteiger partial charge in [0.2, 0.25) is 0 Å². The molecule has 2 rings (SSSR count). The van der Waals surface area contributed by atoms with Crippen molar-refractivity contribution in [3.05, 3.63) is 41.8 Å². The SMILES string of the molecule is Cn1ccc(Nc2ccc(C#N)c(F)c2)n1. The van der Waals surface area contributed by atoms with Crippen LogP contribution >= 0.6 is 0 Å². The molecule has 0 saturated carbocycles. The fraction of sp³-hybridized carbons (Fsp3) is 0.0909. The molecule has 0 aliphatic carbocycles. The summed E-state index contributed by atoms with van der Waals surface area (Å²) in [5.74, 6) is 0.0926. The number of anilines is 2. The fourth-order valence-electron chi connectivity index (χ4n) is 1.31. The first-order valence-corrected chi connectivity index (χ1v) is 4.65. The van der Waals surface area contributed by atoms with Crippen LogP contribution in [0.1, 0.15) is 5.56 Å². The maximum atomic E-state index is 13.3. The number of nitriles is 1. The Labute approximate surface area is 91.9 Å². The van der Waals surface area contributed by atoms with Gasteiger partial charge in [-0.05, 0) is 18.2 Å². The van der Waals surface area contributed by atoms with Gasteiger partial charge in [-0.3, -0.25) is 4.68 Å². The second kappa shape index (κ2) is 4.03. The molecule has 0 aliphatic heterocycles. The van der Waals surface area contributed by atoms with Crippen molar-refractivity contribution in [3.63, 3.8) is 0 Å². The van der Waals surface area contributed by atoms with E-state index >= 15 is 0 Å². The number of benzene rings is 1. The molecular formula is C11H9FN4. The highest BCUT2D eigenvalue weighted by Gasteiger charge is 2.03. The first-order chi connectivity index (χ1) is 7.69. The molecule has 0 fully saturated rings. The van der Waals surface area contributed by atoms with Gasteiger partial charge in [0, 0.05) is 25.0 Å². The van der Waals surface area contributed by atoms with Gasteiger partial charge in [0.05, 0.1) is 5.56 Å². The van der Waals surface area contributed by atoms with E-state index in [9.17, 15) is 4.39 Å². The van der Waals surface area contributed by atoms with Crippen molar-refractivity contribution in [2.45, 2.75) is 0 Å². The lowest BCUT2D eigenvalue weighted by molar-refractivity contribution is 0.624. The van der Waals surface area contributed by atoms with E-state index in [-0.39, 0.29) is 5.56 Å². The van der Waals surface area contributed by atoms with Crippen LogP contribution in [0.2, 0.25) is 0 Å². The summed E-state index contributed by atoms with van der Waals surface area (Å²) >= 11 is 0. The molecule has 4 nitrogen and oxygen atoms in total. The summed E-state index contributed by atoms with van der Waals surface area (Å²) in [4.78, 5) is 0. The summed E-state index contributed by atoms with van der Waals surface area (Å²) in [6, 6.07) is 7.88. The number of nitrogens with zero attached hydrogens (tertiary/aromatic N) is 3. The number of nitrogens with one attached hydrogen (secondary N) is 1. The summed E-state index contributed by atoms with van der Waals surface area (Å²) in [6.07, 6.45) is 1.78. The van der Waals surface area contributed by atoms with E-state index in [1.807, 2.05) is 0 Å². The highest BCUT2D eigenvalue weighted by Crippen LogP contribution is 2.17. The Hall–Kier alpha value is -2.35. The van der Waals surface area contributed by atoms with Gasteiger partial charge < -0.3 is 5.32 Å². The molecule has 0 radical (unpaired) electrons. The maximum absolute atomic E-state index is 13.3. The van der Waals surface area contributed by atoms with Crippen LogP contribution in [0.3, 0.4) is 0 Å². The number of aryl methyl sites for hydroxylation is 1. The summed E-state index contributed by atoms with van der Waals surface area (Å²) in [5.41, 5.74) is 0.599. The summed E-state index contributed by atoms with van der Waals surface area (Å²) in [7, 11) is 1.80. The number of rotatable bonds is 2. The molecule has 0 atom stereocenters. The minimum absolute atomic E-state index is 0.0339. The molecule has 1 N–H and O–H groups in total. The lowest BCUT2D eigenvalue weighted by Crippen LogP contribution is -1.95. The standard InChI is InChI=1S/C11H9FN4/c1-16-5-4-11(15-16)14-9-3-2-8(7-13)10(12)6-9/h2-6H,1H3,(H,14,15). The highest BCUT2D eigenvalue weighted by atomic mass is 19.1. The van der Waals surface area contributed by atoms with Gasteiger partial charge >= 0.3 is 0 Å². The fourth-order valence-corrected chi connectivity index (χ4v) is 1.31. The predicted octanol–water partition coefficient (Wildman–Crippen LogP) is 2.17. The topological polar surface area (TPSA) is 53.6 Å². The van der Waals surface area contributed by atoms with E-state index in [4.69, 9.17) is 5.26 Å². The summed E-state index contributed by atoms with van der Waals surface area (Å²) < 4.78 is 14.9. The molecule has 1 aromatic carbocycles. The third kappa shape index (κ3) is 2.01. The molecule has 0 saturated heterocycles. The van der Waals surface area contributed by atoms with Gasteiger partial charge in [-0.15, -0.1) is 0 Å². The molecule has 16 heavy (non-hydrogen) atoms. The zero-order valence-corrected chi connectivity index (χ0v) is 8.61. The Balaban J connectivity index is 2.23. The highest BCUT2D eigenvalue weighted by molar-refractivity contribution is 5.57. The quantitative estimate of drug-likeness (QED) is 0.837. The van der Waals surface area contributed by atoms with Crippen LogP contribution in [-0.2, 0) is 7.05 Å². The molecule has 0 unspecified atom stereocenters. The van der Waals surface area contributed by atoms with Crippen LogP contribution in [-0.4, -0.2) is 9.78 Å². The van der Waals surface area contributed by atoms with Crippen molar-refractivity contribution in [2.24, 2.45) is 7.05 Å². The van der Waals surface area contributed by atoms with Crippen molar-refractivity contribution in [1.29, 1.82) is 5.26 Å². The Morgan fingerprint density at radius 3 is 2.81 bits per heavy atom. The number of hydrogen-bond acceptors (Lipinski definition) is 3. The average molecular weight is 216 g/mol. The summed E-state index contributed by atoms with van der Waals surface area (Å²) in [6.45, 7) is 0. The smallest absolute Gasteiger partial charge is 0.152 e. The third-order valence-corrected chi connectivity index (χ3v) is 2.08. The van der Waals surface area contributed by atoms with Crippen molar-refractivity contribution in [2.75, 3.05) is 5.32 Å². The molecule has 0 aliphatic rings. The normalized spacial score (nSPS) is 9.81. The number of hydrogen-bond donors (Lipinski definition) is 1. The van der Waals surface area contributed by atoms with Crippen LogP contribution in [0.15, 0.2) is 30.5 Å². The van der Waals surface area contributed by atoms with Gasteiger partial charge in [-0.2, -0.15) is 10.4 Å². The number of halogens is 1. The Morgan fingerprint density at radius 2 is 2.25 bits per heavy atom. The maximum Gasteiger partial charge on any atom is 0.152 e. The third-order valence-electron chi connectivity index (χ3n) is 2.08. The first kappa shape index (κ1) is 10.2. The van der Waals surface area contributed by atoms with E-state index in [1.165, 1.54) is 12.1 Å². The van der Waals surface area contributed by atoms with Gasteiger partial charge in [0.25, 0.3) is 0 Å². The average Bonchev–Trinajstić information content (AvgIpc) is 2.64. The van der Waals surface area contributed by atoms with Crippen LogP contribution in [0.5, 0.6) is 0 Å². The Morgan fingerprint density at radius 1 is 1.44 bits per heavy atom. The lowest BCUT2D eigenvalue weighted by Gasteiger charge is -2.03. The molecule has 5 heteroatoms. The monoisotopic (exact) mass is 216 g/mol. The molecule has 0 spiro atoms. The Kier molecular flexibility index (Phi) is 2.56. The van der Waals surface area contributed by atoms with E-state index in [0.29, 0.717) is 11.5 Å². The molecule has 2 aromatic rings.